The van der Waals surface area contributed by atoms with Crippen molar-refractivity contribution >= 4 is 23.1 Å². The first-order valence-electron chi connectivity index (χ1n) is 11.2. The second-order valence-corrected chi connectivity index (χ2v) is 7.64. The van der Waals surface area contributed by atoms with Gasteiger partial charge in [0.1, 0.15) is 17.1 Å². The molecule has 0 radical (unpaired) electrons. The number of anilines is 4. The monoisotopic (exact) mass is 458 g/mol. The Bertz CT molecular complexity index is 1020. The SMILES string of the molecule is CCCCCCc1ccc(Nc2ncc(C(F)(F)F)c(Nc3ccccc3OCC)n2)cc1. The van der Waals surface area contributed by atoms with Crippen molar-refractivity contribution in [1.29, 1.82) is 0 Å². The summed E-state index contributed by atoms with van der Waals surface area (Å²) in [5.41, 5.74) is 1.36. The summed E-state index contributed by atoms with van der Waals surface area (Å²) in [6.45, 7) is 4.37. The zero-order chi connectivity index (χ0) is 23.7. The van der Waals surface area contributed by atoms with Crippen LogP contribution in [0.2, 0.25) is 0 Å². The van der Waals surface area contributed by atoms with E-state index in [2.05, 4.69) is 27.5 Å². The Morgan fingerprint density at radius 1 is 0.909 bits per heavy atom. The van der Waals surface area contributed by atoms with E-state index in [-0.39, 0.29) is 11.8 Å². The summed E-state index contributed by atoms with van der Waals surface area (Å²) in [6, 6.07) is 14.6. The largest absolute Gasteiger partial charge is 0.492 e. The van der Waals surface area contributed by atoms with Crippen LogP contribution in [0.15, 0.2) is 54.7 Å². The second-order valence-electron chi connectivity index (χ2n) is 7.64. The number of aromatic nitrogens is 2. The third-order valence-electron chi connectivity index (χ3n) is 5.06. The van der Waals surface area contributed by atoms with Crippen LogP contribution in [-0.2, 0) is 12.6 Å². The summed E-state index contributed by atoms with van der Waals surface area (Å²) in [6.07, 6.45) is 1.95. The molecule has 0 amide bonds. The van der Waals surface area contributed by atoms with Gasteiger partial charge in [-0.15, -0.1) is 0 Å². The molecule has 176 valence electrons. The van der Waals surface area contributed by atoms with Crippen molar-refractivity contribution < 1.29 is 17.9 Å². The fourth-order valence-corrected chi connectivity index (χ4v) is 3.36. The van der Waals surface area contributed by atoms with Gasteiger partial charge in [-0.25, -0.2) is 4.98 Å². The van der Waals surface area contributed by atoms with Crippen LogP contribution >= 0.6 is 0 Å². The number of ether oxygens (including phenoxy) is 1. The molecule has 0 saturated heterocycles. The molecule has 3 aromatic rings. The molecular formula is C25H29F3N4O. The van der Waals surface area contributed by atoms with Gasteiger partial charge in [-0.05, 0) is 49.6 Å². The first-order valence-corrected chi connectivity index (χ1v) is 11.2. The summed E-state index contributed by atoms with van der Waals surface area (Å²) < 4.78 is 46.3. The van der Waals surface area contributed by atoms with Crippen molar-refractivity contribution in [2.75, 3.05) is 17.2 Å². The van der Waals surface area contributed by atoms with E-state index in [1.807, 2.05) is 24.3 Å². The number of alkyl halides is 3. The minimum absolute atomic E-state index is 0.0649. The number of hydrogen-bond donors (Lipinski definition) is 2. The van der Waals surface area contributed by atoms with Crippen LogP contribution in [0, 0.1) is 0 Å². The normalized spacial score (nSPS) is 11.3. The molecule has 2 N–H and O–H groups in total. The van der Waals surface area contributed by atoms with E-state index in [9.17, 15) is 13.2 Å². The van der Waals surface area contributed by atoms with Crippen molar-refractivity contribution in [2.45, 2.75) is 52.1 Å². The maximum absolute atomic E-state index is 13.6. The van der Waals surface area contributed by atoms with Gasteiger partial charge in [0, 0.05) is 11.9 Å². The number of unbranched alkanes of at least 4 members (excludes halogenated alkanes) is 3. The van der Waals surface area contributed by atoms with Gasteiger partial charge in [0.2, 0.25) is 5.95 Å². The Morgan fingerprint density at radius 2 is 1.67 bits per heavy atom. The zero-order valence-electron chi connectivity index (χ0n) is 18.9. The molecule has 0 atom stereocenters. The van der Waals surface area contributed by atoms with Gasteiger partial charge < -0.3 is 15.4 Å². The molecule has 2 aromatic carbocycles. The third kappa shape index (κ3) is 7.10. The number of nitrogens with zero attached hydrogens (tertiary/aromatic N) is 2. The highest BCUT2D eigenvalue weighted by molar-refractivity contribution is 5.67. The summed E-state index contributed by atoms with van der Waals surface area (Å²) in [7, 11) is 0. The van der Waals surface area contributed by atoms with Crippen LogP contribution in [0.5, 0.6) is 5.75 Å². The first kappa shape index (κ1) is 24.4. The van der Waals surface area contributed by atoms with Crippen molar-refractivity contribution in [2.24, 2.45) is 0 Å². The van der Waals surface area contributed by atoms with Crippen LogP contribution in [-0.4, -0.2) is 16.6 Å². The Kier molecular flexibility index (Phi) is 8.52. The Morgan fingerprint density at radius 3 is 2.36 bits per heavy atom. The summed E-state index contributed by atoms with van der Waals surface area (Å²) in [4.78, 5) is 8.00. The number of nitrogens with one attached hydrogen (secondary N) is 2. The van der Waals surface area contributed by atoms with E-state index < -0.39 is 11.7 Å². The molecule has 33 heavy (non-hydrogen) atoms. The highest BCUT2D eigenvalue weighted by Crippen LogP contribution is 2.37. The number of aryl methyl sites for hydroxylation is 1. The van der Waals surface area contributed by atoms with Gasteiger partial charge in [-0.3, -0.25) is 0 Å². The molecule has 1 aromatic heterocycles. The number of benzene rings is 2. The van der Waals surface area contributed by atoms with E-state index in [0.29, 0.717) is 23.7 Å². The minimum atomic E-state index is -4.61. The van der Waals surface area contributed by atoms with Gasteiger partial charge >= 0.3 is 6.18 Å². The molecule has 8 heteroatoms. The predicted octanol–water partition coefficient (Wildman–Crippen LogP) is 7.50. The number of halogens is 3. The van der Waals surface area contributed by atoms with Crippen LogP contribution in [0.1, 0.15) is 50.7 Å². The minimum Gasteiger partial charge on any atom is -0.492 e. The van der Waals surface area contributed by atoms with Crippen molar-refractivity contribution in [1.82, 2.24) is 9.97 Å². The zero-order valence-corrected chi connectivity index (χ0v) is 18.9. The van der Waals surface area contributed by atoms with E-state index in [0.717, 1.165) is 19.0 Å². The highest BCUT2D eigenvalue weighted by Gasteiger charge is 2.35. The van der Waals surface area contributed by atoms with E-state index >= 15 is 0 Å². The van der Waals surface area contributed by atoms with Crippen LogP contribution in [0.25, 0.3) is 0 Å². The summed E-state index contributed by atoms with van der Waals surface area (Å²) in [5, 5.41) is 5.76. The van der Waals surface area contributed by atoms with Crippen molar-refractivity contribution in [3.8, 4) is 5.75 Å². The maximum Gasteiger partial charge on any atom is 0.421 e. The average molecular weight is 459 g/mol. The molecule has 0 aliphatic carbocycles. The molecule has 3 rings (SSSR count). The average Bonchev–Trinajstić information content (AvgIpc) is 2.79. The molecule has 0 spiro atoms. The van der Waals surface area contributed by atoms with Crippen LogP contribution in [0.3, 0.4) is 0 Å². The van der Waals surface area contributed by atoms with Crippen molar-refractivity contribution in [3.05, 3.63) is 65.9 Å². The van der Waals surface area contributed by atoms with Crippen molar-refractivity contribution in [3.63, 3.8) is 0 Å². The van der Waals surface area contributed by atoms with Crippen LogP contribution < -0.4 is 15.4 Å². The summed E-state index contributed by atoms with van der Waals surface area (Å²) >= 11 is 0. The van der Waals surface area contributed by atoms with E-state index in [1.54, 1.807) is 31.2 Å². The molecule has 5 nitrogen and oxygen atoms in total. The molecule has 0 aliphatic heterocycles. The Balaban J connectivity index is 1.79. The smallest absolute Gasteiger partial charge is 0.421 e. The molecule has 0 saturated carbocycles. The predicted molar refractivity (Wildman–Crippen MR) is 125 cm³/mol. The molecule has 0 aliphatic rings. The molecular weight excluding hydrogens is 429 g/mol. The lowest BCUT2D eigenvalue weighted by molar-refractivity contribution is -0.137. The topological polar surface area (TPSA) is 59.1 Å². The van der Waals surface area contributed by atoms with E-state index in [1.165, 1.54) is 24.8 Å². The number of hydrogen-bond acceptors (Lipinski definition) is 5. The Labute approximate surface area is 192 Å². The second kappa shape index (κ2) is 11.5. The lowest BCUT2D eigenvalue weighted by Gasteiger charge is -2.17. The first-order chi connectivity index (χ1) is 15.9. The van der Waals surface area contributed by atoms with Gasteiger partial charge in [0.25, 0.3) is 0 Å². The quantitative estimate of drug-likeness (QED) is 0.291. The lowest BCUT2D eigenvalue weighted by atomic mass is 10.1. The van der Waals surface area contributed by atoms with Gasteiger partial charge in [-0.2, -0.15) is 18.2 Å². The highest BCUT2D eigenvalue weighted by atomic mass is 19.4. The number of rotatable bonds is 11. The molecule has 1 heterocycles. The van der Waals surface area contributed by atoms with Gasteiger partial charge in [0.15, 0.2) is 0 Å². The fourth-order valence-electron chi connectivity index (χ4n) is 3.36. The van der Waals surface area contributed by atoms with Gasteiger partial charge in [-0.1, -0.05) is 50.5 Å². The fraction of sp³-hybridized carbons (Fsp3) is 0.360. The Hall–Kier alpha value is -3.29. The molecule has 0 bridgehead atoms. The number of para-hydroxylation sites is 2. The molecule has 0 unspecified atom stereocenters. The standard InChI is InChI=1S/C25H29F3N4O/c1-3-5-6-7-10-18-13-15-19(16-14-18)30-24-29-17-20(25(26,27)28)23(32-24)31-21-11-8-9-12-22(21)33-4-2/h8-9,11-17H,3-7,10H2,1-2H3,(H2,29,30,31,32). The van der Waals surface area contributed by atoms with Gasteiger partial charge in [0.05, 0.1) is 12.3 Å². The van der Waals surface area contributed by atoms with Crippen LogP contribution in [0.4, 0.5) is 36.3 Å². The molecule has 0 fully saturated rings. The lowest BCUT2D eigenvalue weighted by Crippen LogP contribution is -2.13. The third-order valence-corrected chi connectivity index (χ3v) is 5.06. The summed E-state index contributed by atoms with van der Waals surface area (Å²) in [5.74, 6) is 0.158. The maximum atomic E-state index is 13.6. The van der Waals surface area contributed by atoms with E-state index in [4.69, 9.17) is 4.74 Å².